The Kier molecular flexibility index (Phi) is 7.61. The van der Waals surface area contributed by atoms with E-state index in [9.17, 15) is 4.79 Å². The molecule has 1 aliphatic carbocycles. The number of allylic oxidation sites excluding steroid dienone is 2. The maximum Gasteiger partial charge on any atom is 0.258 e. The number of hydrogen-bond acceptors (Lipinski definition) is 3. The Morgan fingerprint density at radius 3 is 2.41 bits per heavy atom. The van der Waals surface area contributed by atoms with E-state index in [1.54, 1.807) is 0 Å². The number of rotatable bonds is 10. The quantitative estimate of drug-likeness (QED) is 0.383. The molecule has 164 valence electrons. The zero-order valence-corrected chi connectivity index (χ0v) is 19.2. The highest BCUT2D eigenvalue weighted by Gasteiger charge is 2.75. The van der Waals surface area contributed by atoms with E-state index in [1.807, 2.05) is 0 Å². The molecule has 1 spiro atoms. The molecule has 0 saturated carbocycles. The van der Waals surface area contributed by atoms with E-state index in [-0.39, 0.29) is 5.91 Å². The molecule has 3 unspecified atom stereocenters. The van der Waals surface area contributed by atoms with E-state index in [4.69, 9.17) is 4.74 Å². The van der Waals surface area contributed by atoms with Crippen LogP contribution in [0.1, 0.15) is 78.6 Å². The van der Waals surface area contributed by atoms with Gasteiger partial charge in [0.2, 0.25) is 0 Å². The van der Waals surface area contributed by atoms with Gasteiger partial charge in [-0.05, 0) is 38.8 Å². The number of piperazine rings is 1. The lowest BCUT2D eigenvalue weighted by atomic mass is 9.73. The number of likely N-dealkylation sites (N-methyl/N-ethyl adjacent to an activating group) is 1. The van der Waals surface area contributed by atoms with Gasteiger partial charge in [-0.2, -0.15) is 0 Å². The predicted molar refractivity (Wildman–Crippen MR) is 120 cm³/mol. The van der Waals surface area contributed by atoms with E-state index in [2.05, 4.69) is 55.8 Å². The Bertz CT molecular complexity index is 620. The van der Waals surface area contributed by atoms with Gasteiger partial charge in [-0.25, -0.2) is 0 Å². The van der Waals surface area contributed by atoms with Gasteiger partial charge in [0.1, 0.15) is 5.60 Å². The molecule has 3 aliphatic rings. The molecule has 4 heteroatoms. The molecule has 0 aromatic heterocycles. The molecule has 2 aliphatic heterocycles. The van der Waals surface area contributed by atoms with Crippen LogP contribution in [0.3, 0.4) is 0 Å². The molecule has 2 fully saturated rings. The minimum atomic E-state index is -0.651. The summed E-state index contributed by atoms with van der Waals surface area (Å²) in [5.74, 6) is 0.549. The number of nitrogens with zero attached hydrogens (tertiary/aromatic N) is 2. The molecule has 3 atom stereocenters. The Balaban J connectivity index is 1.76. The van der Waals surface area contributed by atoms with Crippen LogP contribution in [-0.2, 0) is 9.53 Å². The molecule has 1 amide bonds. The lowest BCUT2D eigenvalue weighted by Gasteiger charge is -2.35. The van der Waals surface area contributed by atoms with Crippen LogP contribution in [0.2, 0.25) is 0 Å². The van der Waals surface area contributed by atoms with E-state index in [0.717, 1.165) is 45.4 Å². The second-order valence-electron chi connectivity index (χ2n) is 9.31. The summed E-state index contributed by atoms with van der Waals surface area (Å²) >= 11 is 0. The highest BCUT2D eigenvalue weighted by Crippen LogP contribution is 2.60. The van der Waals surface area contributed by atoms with Crippen molar-refractivity contribution in [3.05, 3.63) is 23.8 Å². The van der Waals surface area contributed by atoms with Crippen LogP contribution in [0.4, 0.5) is 0 Å². The average Bonchev–Trinajstić information content (AvgIpc) is 3.40. The first-order valence-corrected chi connectivity index (χ1v) is 12.1. The molecule has 29 heavy (non-hydrogen) atoms. The minimum absolute atomic E-state index is 0.223. The summed E-state index contributed by atoms with van der Waals surface area (Å²) in [5, 5.41) is 0. The summed E-state index contributed by atoms with van der Waals surface area (Å²) in [6.07, 6.45) is 17.5. The second-order valence-corrected chi connectivity index (χ2v) is 9.31. The normalized spacial score (nSPS) is 31.9. The second kappa shape index (κ2) is 9.78. The monoisotopic (exact) mass is 402 g/mol. The van der Waals surface area contributed by atoms with Crippen LogP contribution < -0.4 is 0 Å². The molecule has 3 rings (SSSR count). The summed E-state index contributed by atoms with van der Waals surface area (Å²) in [4.78, 5) is 17.9. The lowest BCUT2D eigenvalue weighted by Crippen LogP contribution is -2.53. The highest BCUT2D eigenvalue weighted by molar-refractivity contribution is 5.91. The number of unbranched alkanes of at least 4 members (excludes halogenated alkanes) is 4. The molecule has 0 aromatic carbocycles. The van der Waals surface area contributed by atoms with E-state index < -0.39 is 11.2 Å². The minimum Gasteiger partial charge on any atom is -0.347 e. The maximum absolute atomic E-state index is 13.6. The van der Waals surface area contributed by atoms with E-state index in [1.165, 1.54) is 44.1 Å². The third-order valence-corrected chi connectivity index (χ3v) is 7.27. The van der Waals surface area contributed by atoms with Crippen molar-refractivity contribution in [2.75, 3.05) is 33.2 Å². The van der Waals surface area contributed by atoms with Gasteiger partial charge in [0.25, 0.3) is 5.91 Å². The number of ether oxygens (including phenoxy) is 1. The van der Waals surface area contributed by atoms with E-state index in [0.29, 0.717) is 5.92 Å². The fourth-order valence-corrected chi connectivity index (χ4v) is 5.23. The topological polar surface area (TPSA) is 36.1 Å². The number of epoxide rings is 1. The van der Waals surface area contributed by atoms with Crippen LogP contribution in [0, 0.1) is 5.92 Å². The van der Waals surface area contributed by atoms with Gasteiger partial charge in [0.05, 0.1) is 0 Å². The molecular weight excluding hydrogens is 360 g/mol. The molecule has 2 saturated heterocycles. The largest absolute Gasteiger partial charge is 0.347 e. The van der Waals surface area contributed by atoms with Crippen LogP contribution in [0.15, 0.2) is 23.8 Å². The summed E-state index contributed by atoms with van der Waals surface area (Å²) in [5.41, 5.74) is 0.379. The van der Waals surface area contributed by atoms with Gasteiger partial charge >= 0.3 is 0 Å². The van der Waals surface area contributed by atoms with Crippen LogP contribution >= 0.6 is 0 Å². The smallest absolute Gasteiger partial charge is 0.258 e. The number of carbonyl (C=O) groups is 1. The Morgan fingerprint density at radius 1 is 1.07 bits per heavy atom. The average molecular weight is 403 g/mol. The fourth-order valence-electron chi connectivity index (χ4n) is 5.23. The fraction of sp³-hybridized carbons (Fsp3) is 0.800. The van der Waals surface area contributed by atoms with Gasteiger partial charge in [0, 0.05) is 32.1 Å². The van der Waals surface area contributed by atoms with Crippen LogP contribution in [0.5, 0.6) is 0 Å². The zero-order valence-electron chi connectivity index (χ0n) is 19.2. The zero-order chi connectivity index (χ0) is 20.9. The van der Waals surface area contributed by atoms with Crippen LogP contribution in [0.25, 0.3) is 0 Å². The molecule has 4 nitrogen and oxygen atoms in total. The molecular formula is C25H42N2O2. The number of amides is 1. The summed E-state index contributed by atoms with van der Waals surface area (Å²) in [7, 11) is 2.13. The summed E-state index contributed by atoms with van der Waals surface area (Å²) in [6, 6.07) is 0. The van der Waals surface area contributed by atoms with Crippen molar-refractivity contribution >= 4 is 5.91 Å². The Hall–Kier alpha value is -1.13. The van der Waals surface area contributed by atoms with Crippen molar-refractivity contribution in [3.63, 3.8) is 0 Å². The highest BCUT2D eigenvalue weighted by atomic mass is 16.6. The Labute approximate surface area is 178 Å². The first-order chi connectivity index (χ1) is 14.0. The third-order valence-electron chi connectivity index (χ3n) is 7.27. The van der Waals surface area contributed by atoms with Crippen LogP contribution in [-0.4, -0.2) is 60.1 Å². The predicted octanol–water partition coefficient (Wildman–Crippen LogP) is 4.95. The van der Waals surface area contributed by atoms with Gasteiger partial charge in [-0.3, -0.25) is 4.79 Å². The first-order valence-electron chi connectivity index (χ1n) is 12.1. The number of carbonyl (C=O) groups excluding carboxylic acids is 1. The lowest BCUT2D eigenvalue weighted by molar-refractivity contribution is -0.138. The third kappa shape index (κ3) is 4.49. The van der Waals surface area contributed by atoms with Gasteiger partial charge < -0.3 is 14.5 Å². The van der Waals surface area contributed by atoms with Crippen molar-refractivity contribution in [1.82, 2.24) is 9.80 Å². The standard InChI is InChI=1S/C25H42N2O2/c1-5-8-10-12-21-14-15-25(22(20-21)13-11-9-6-2)24(7-3,29-25)23(28)27-18-16-26(4)17-19-27/h14-15,20,22H,5-13,16-19H2,1-4H3. The maximum atomic E-state index is 13.6. The number of hydrogen-bond donors (Lipinski definition) is 0. The van der Waals surface area contributed by atoms with Crippen molar-refractivity contribution in [2.45, 2.75) is 89.8 Å². The van der Waals surface area contributed by atoms with Gasteiger partial charge in [-0.15, -0.1) is 0 Å². The summed E-state index contributed by atoms with van der Waals surface area (Å²) in [6.45, 7) is 10.2. The summed E-state index contributed by atoms with van der Waals surface area (Å²) < 4.78 is 6.51. The van der Waals surface area contributed by atoms with Crippen molar-refractivity contribution in [3.8, 4) is 0 Å². The molecule has 2 heterocycles. The Morgan fingerprint density at radius 2 is 1.76 bits per heavy atom. The van der Waals surface area contributed by atoms with Crippen molar-refractivity contribution < 1.29 is 9.53 Å². The molecule has 0 N–H and O–H groups in total. The van der Waals surface area contributed by atoms with Gasteiger partial charge in [-0.1, -0.05) is 70.6 Å². The molecule has 0 bridgehead atoms. The molecule has 0 aromatic rings. The SMILES string of the molecule is CCCCCC1=CC(CCCCC)C2(C=C1)OC2(CC)C(=O)N1CCN(C)CC1. The van der Waals surface area contributed by atoms with Crippen molar-refractivity contribution in [2.24, 2.45) is 5.92 Å². The van der Waals surface area contributed by atoms with E-state index >= 15 is 0 Å². The first kappa shape index (κ1) is 22.6. The van der Waals surface area contributed by atoms with Crippen molar-refractivity contribution in [1.29, 1.82) is 0 Å². The van der Waals surface area contributed by atoms with Gasteiger partial charge in [0.15, 0.2) is 5.60 Å². The molecule has 0 radical (unpaired) electrons.